The lowest BCUT2D eigenvalue weighted by Crippen LogP contribution is -2.36. The van der Waals surface area contributed by atoms with Gasteiger partial charge >= 0.3 is 11.9 Å². The lowest BCUT2D eigenvalue weighted by molar-refractivity contribution is -0.484. The summed E-state index contributed by atoms with van der Waals surface area (Å²) in [5.41, 5.74) is -0.525. The molecule has 0 saturated heterocycles. The second-order valence-electron chi connectivity index (χ2n) is 4.92. The molecular formula is C15H18N2O8. The molecule has 25 heavy (non-hydrogen) atoms. The summed E-state index contributed by atoms with van der Waals surface area (Å²) in [5, 5.41) is 22.3. The van der Waals surface area contributed by atoms with Gasteiger partial charge in [0.05, 0.1) is 24.1 Å². The van der Waals surface area contributed by atoms with Crippen LogP contribution in [0.15, 0.2) is 24.3 Å². The SMILES string of the molecule is CCOC(=O)C(C(=O)OCC)C(C[N+](=O)[O-])c1ccccc1[N+](=O)[O-]. The Balaban J connectivity index is 3.47. The minimum atomic E-state index is -1.67. The van der Waals surface area contributed by atoms with Crippen molar-refractivity contribution in [1.29, 1.82) is 0 Å². The summed E-state index contributed by atoms with van der Waals surface area (Å²) < 4.78 is 9.65. The number of nitro groups is 2. The van der Waals surface area contributed by atoms with Crippen LogP contribution in [0, 0.1) is 26.1 Å². The number of hydrogen-bond donors (Lipinski definition) is 0. The van der Waals surface area contributed by atoms with Gasteiger partial charge in [-0.25, -0.2) is 0 Å². The van der Waals surface area contributed by atoms with Gasteiger partial charge in [-0.05, 0) is 13.8 Å². The Labute approximate surface area is 143 Å². The quantitative estimate of drug-likeness (QED) is 0.282. The van der Waals surface area contributed by atoms with Gasteiger partial charge in [0.1, 0.15) is 0 Å². The smallest absolute Gasteiger partial charge is 0.321 e. The molecule has 0 heterocycles. The fourth-order valence-electron chi connectivity index (χ4n) is 2.40. The monoisotopic (exact) mass is 354 g/mol. The van der Waals surface area contributed by atoms with Crippen LogP contribution in [0.4, 0.5) is 5.69 Å². The Morgan fingerprint density at radius 3 is 2.00 bits per heavy atom. The van der Waals surface area contributed by atoms with Gasteiger partial charge in [-0.2, -0.15) is 0 Å². The number of esters is 2. The third kappa shape index (κ3) is 5.23. The summed E-state index contributed by atoms with van der Waals surface area (Å²) in [6, 6.07) is 5.24. The molecule has 0 spiro atoms. The number of hydrogen-bond acceptors (Lipinski definition) is 8. The molecule has 1 unspecified atom stereocenters. The average Bonchev–Trinajstić information content (AvgIpc) is 2.54. The molecule has 10 heteroatoms. The van der Waals surface area contributed by atoms with Crippen molar-refractivity contribution in [3.8, 4) is 0 Å². The lowest BCUT2D eigenvalue weighted by Gasteiger charge is -2.21. The van der Waals surface area contributed by atoms with Crippen molar-refractivity contribution in [2.24, 2.45) is 5.92 Å². The lowest BCUT2D eigenvalue weighted by atomic mass is 9.85. The van der Waals surface area contributed by atoms with E-state index in [1.807, 2.05) is 0 Å². The predicted molar refractivity (Wildman–Crippen MR) is 84.5 cm³/mol. The molecule has 1 aromatic carbocycles. The maximum atomic E-state index is 12.2. The highest BCUT2D eigenvalue weighted by Gasteiger charge is 2.43. The van der Waals surface area contributed by atoms with Crippen molar-refractivity contribution >= 4 is 17.6 Å². The molecule has 1 aromatic rings. The van der Waals surface area contributed by atoms with Gasteiger partial charge in [0, 0.05) is 16.6 Å². The summed E-state index contributed by atoms with van der Waals surface area (Å²) >= 11 is 0. The van der Waals surface area contributed by atoms with Crippen LogP contribution in [0.1, 0.15) is 25.3 Å². The number of carbonyl (C=O) groups excluding carboxylic acids is 2. The average molecular weight is 354 g/mol. The summed E-state index contributed by atoms with van der Waals surface area (Å²) in [6.07, 6.45) is 0. The zero-order valence-electron chi connectivity index (χ0n) is 13.7. The van der Waals surface area contributed by atoms with Gasteiger partial charge in [-0.15, -0.1) is 0 Å². The summed E-state index contributed by atoms with van der Waals surface area (Å²) in [7, 11) is 0. The number of carbonyl (C=O) groups is 2. The van der Waals surface area contributed by atoms with Crippen LogP contribution in [0.2, 0.25) is 0 Å². The highest BCUT2D eigenvalue weighted by Crippen LogP contribution is 2.33. The van der Waals surface area contributed by atoms with Gasteiger partial charge in [-0.1, -0.05) is 18.2 Å². The Morgan fingerprint density at radius 2 is 1.56 bits per heavy atom. The van der Waals surface area contributed by atoms with Crippen molar-refractivity contribution in [2.75, 3.05) is 19.8 Å². The molecule has 0 aromatic heterocycles. The van der Waals surface area contributed by atoms with E-state index in [4.69, 9.17) is 9.47 Å². The second-order valence-corrected chi connectivity index (χ2v) is 4.92. The first-order valence-electron chi connectivity index (χ1n) is 7.51. The van der Waals surface area contributed by atoms with E-state index in [1.54, 1.807) is 0 Å². The van der Waals surface area contributed by atoms with Gasteiger partial charge in [0.15, 0.2) is 5.92 Å². The molecule has 0 aliphatic rings. The molecule has 10 nitrogen and oxygen atoms in total. The normalized spacial score (nSPS) is 11.6. The molecule has 0 bridgehead atoms. The van der Waals surface area contributed by atoms with Gasteiger partial charge in [-0.3, -0.25) is 29.8 Å². The molecule has 1 rings (SSSR count). The Hall–Kier alpha value is -3.04. The predicted octanol–water partition coefficient (Wildman–Crippen LogP) is 1.70. The number of rotatable bonds is 9. The maximum absolute atomic E-state index is 12.2. The molecule has 0 N–H and O–H groups in total. The standard InChI is InChI=1S/C15H18N2O8/c1-3-24-14(18)13(15(19)25-4-2)11(9-16(20)21)10-7-5-6-8-12(10)17(22)23/h5-8,11,13H,3-4,9H2,1-2H3. The third-order valence-electron chi connectivity index (χ3n) is 3.36. The number of ether oxygens (including phenoxy) is 2. The van der Waals surface area contributed by atoms with E-state index in [0.29, 0.717) is 0 Å². The van der Waals surface area contributed by atoms with E-state index in [0.717, 1.165) is 6.07 Å². The number of para-hydroxylation sites is 1. The molecule has 0 radical (unpaired) electrons. The van der Waals surface area contributed by atoms with Crippen LogP contribution in [-0.4, -0.2) is 41.5 Å². The van der Waals surface area contributed by atoms with Crippen LogP contribution in [0.25, 0.3) is 0 Å². The first-order chi connectivity index (χ1) is 11.8. The van der Waals surface area contributed by atoms with E-state index in [2.05, 4.69) is 0 Å². The van der Waals surface area contributed by atoms with Crippen LogP contribution in [0.5, 0.6) is 0 Å². The van der Waals surface area contributed by atoms with E-state index in [1.165, 1.54) is 32.0 Å². The molecular weight excluding hydrogens is 336 g/mol. The third-order valence-corrected chi connectivity index (χ3v) is 3.36. The molecule has 0 aliphatic carbocycles. The van der Waals surface area contributed by atoms with Gasteiger partial charge in [0.2, 0.25) is 6.54 Å². The van der Waals surface area contributed by atoms with Crippen LogP contribution in [0.3, 0.4) is 0 Å². The van der Waals surface area contributed by atoms with E-state index < -0.39 is 45.9 Å². The maximum Gasteiger partial charge on any atom is 0.321 e. The van der Waals surface area contributed by atoms with Crippen LogP contribution in [-0.2, 0) is 19.1 Å². The zero-order chi connectivity index (χ0) is 19.0. The minimum Gasteiger partial charge on any atom is -0.465 e. The Morgan fingerprint density at radius 1 is 1.04 bits per heavy atom. The fraction of sp³-hybridized carbons (Fsp3) is 0.467. The number of nitro benzene ring substituents is 1. The Kier molecular flexibility index (Phi) is 7.44. The van der Waals surface area contributed by atoms with E-state index >= 15 is 0 Å². The number of benzene rings is 1. The molecule has 0 fully saturated rings. The minimum absolute atomic E-state index is 0.0587. The Bertz CT molecular complexity index is 643. The molecule has 0 amide bonds. The first kappa shape index (κ1) is 20.0. The largest absolute Gasteiger partial charge is 0.465 e. The highest BCUT2D eigenvalue weighted by atomic mass is 16.6. The van der Waals surface area contributed by atoms with Crippen molar-refractivity contribution in [2.45, 2.75) is 19.8 Å². The summed E-state index contributed by atoms with van der Waals surface area (Å²) in [4.78, 5) is 45.3. The summed E-state index contributed by atoms with van der Waals surface area (Å²) in [6.45, 7) is 2.03. The second kappa shape index (κ2) is 9.30. The van der Waals surface area contributed by atoms with E-state index in [9.17, 15) is 29.8 Å². The fourth-order valence-corrected chi connectivity index (χ4v) is 2.40. The van der Waals surface area contributed by atoms with Crippen molar-refractivity contribution in [1.82, 2.24) is 0 Å². The molecule has 1 atom stereocenters. The van der Waals surface area contributed by atoms with Crippen molar-refractivity contribution < 1.29 is 28.9 Å². The highest BCUT2D eigenvalue weighted by molar-refractivity contribution is 5.96. The number of nitrogens with zero attached hydrogens (tertiary/aromatic N) is 2. The first-order valence-corrected chi connectivity index (χ1v) is 7.51. The van der Waals surface area contributed by atoms with Gasteiger partial charge in [0.25, 0.3) is 5.69 Å². The van der Waals surface area contributed by atoms with Crippen molar-refractivity contribution in [3.05, 3.63) is 50.1 Å². The zero-order valence-corrected chi connectivity index (χ0v) is 13.7. The van der Waals surface area contributed by atoms with Gasteiger partial charge < -0.3 is 9.47 Å². The van der Waals surface area contributed by atoms with Crippen LogP contribution >= 0.6 is 0 Å². The molecule has 136 valence electrons. The molecule has 0 aliphatic heterocycles. The summed E-state index contributed by atoms with van der Waals surface area (Å²) in [5.74, 6) is -5.11. The van der Waals surface area contributed by atoms with Crippen LogP contribution < -0.4 is 0 Å². The molecule has 0 saturated carbocycles. The topological polar surface area (TPSA) is 139 Å². The van der Waals surface area contributed by atoms with E-state index in [-0.39, 0.29) is 18.8 Å². The van der Waals surface area contributed by atoms with Crippen molar-refractivity contribution in [3.63, 3.8) is 0 Å².